The number of hydrogen-bond donors (Lipinski definition) is 1. The summed E-state index contributed by atoms with van der Waals surface area (Å²) in [5.74, 6) is 1.18. The number of rotatable bonds is 4. The molecule has 0 bridgehead atoms. The van der Waals surface area contributed by atoms with Gasteiger partial charge in [0.1, 0.15) is 5.69 Å². The van der Waals surface area contributed by atoms with Crippen LogP contribution in [0.15, 0.2) is 22.9 Å². The molecule has 0 unspecified atom stereocenters. The smallest absolute Gasteiger partial charge is 0.228 e. The van der Waals surface area contributed by atoms with Gasteiger partial charge in [-0.3, -0.25) is 4.98 Å². The predicted octanol–water partition coefficient (Wildman–Crippen LogP) is 2.37. The minimum Gasteiger partial charge on any atom is -0.339 e. The van der Waals surface area contributed by atoms with Crippen molar-refractivity contribution in [3.8, 4) is 11.5 Å². The van der Waals surface area contributed by atoms with Crippen molar-refractivity contribution >= 4 is 0 Å². The first-order valence-corrected chi connectivity index (χ1v) is 6.45. The molecule has 0 aliphatic rings. The predicted molar refractivity (Wildman–Crippen MR) is 73.7 cm³/mol. The molecule has 0 aliphatic heterocycles. The molecule has 5 heteroatoms. The summed E-state index contributed by atoms with van der Waals surface area (Å²) in [5, 5.41) is 7.35. The first kappa shape index (κ1) is 13.7. The number of aryl methyl sites for hydroxylation is 1. The molecule has 0 radical (unpaired) electrons. The highest BCUT2D eigenvalue weighted by atomic mass is 16.5. The van der Waals surface area contributed by atoms with E-state index in [-0.39, 0.29) is 5.54 Å². The van der Waals surface area contributed by atoms with Gasteiger partial charge in [-0.1, -0.05) is 5.16 Å². The minimum atomic E-state index is 0.0982. The van der Waals surface area contributed by atoms with Gasteiger partial charge >= 0.3 is 0 Å². The van der Waals surface area contributed by atoms with Crippen LogP contribution in [-0.2, 0) is 6.42 Å². The van der Waals surface area contributed by atoms with E-state index >= 15 is 0 Å². The highest BCUT2D eigenvalue weighted by Gasteiger charge is 2.12. The number of nitrogens with one attached hydrogen (secondary N) is 1. The van der Waals surface area contributed by atoms with Crippen LogP contribution in [0.25, 0.3) is 11.5 Å². The highest BCUT2D eigenvalue weighted by Crippen LogP contribution is 2.14. The summed E-state index contributed by atoms with van der Waals surface area (Å²) in [7, 11) is 0. The van der Waals surface area contributed by atoms with Gasteiger partial charge in [0, 0.05) is 24.7 Å². The molecule has 0 saturated carbocycles. The van der Waals surface area contributed by atoms with E-state index in [0.29, 0.717) is 11.7 Å². The molecule has 1 N–H and O–H groups in total. The van der Waals surface area contributed by atoms with E-state index in [2.05, 4.69) is 41.2 Å². The second-order valence-corrected chi connectivity index (χ2v) is 5.66. The van der Waals surface area contributed by atoms with Crippen molar-refractivity contribution in [1.82, 2.24) is 20.4 Å². The van der Waals surface area contributed by atoms with Gasteiger partial charge in [-0.2, -0.15) is 4.98 Å². The van der Waals surface area contributed by atoms with Gasteiger partial charge in [-0.05, 0) is 45.4 Å². The molecule has 2 aromatic heterocycles. The van der Waals surface area contributed by atoms with Gasteiger partial charge in [-0.15, -0.1) is 0 Å². The summed E-state index contributed by atoms with van der Waals surface area (Å²) in [6.45, 7) is 9.21. The van der Waals surface area contributed by atoms with Crippen molar-refractivity contribution in [1.29, 1.82) is 0 Å². The number of aromatic nitrogens is 3. The van der Waals surface area contributed by atoms with Gasteiger partial charge in [-0.25, -0.2) is 0 Å². The molecule has 0 fully saturated rings. The Labute approximate surface area is 113 Å². The van der Waals surface area contributed by atoms with E-state index in [0.717, 1.165) is 24.2 Å². The number of hydrogen-bond acceptors (Lipinski definition) is 5. The summed E-state index contributed by atoms with van der Waals surface area (Å²) in [6.07, 6.45) is 2.47. The van der Waals surface area contributed by atoms with Crippen LogP contribution in [0.3, 0.4) is 0 Å². The third kappa shape index (κ3) is 4.13. The molecule has 2 aromatic rings. The maximum Gasteiger partial charge on any atom is 0.228 e. The van der Waals surface area contributed by atoms with Gasteiger partial charge in [0.25, 0.3) is 0 Å². The molecule has 19 heavy (non-hydrogen) atoms. The maximum absolute atomic E-state index is 5.23. The zero-order chi connectivity index (χ0) is 13.9. The summed E-state index contributed by atoms with van der Waals surface area (Å²) in [6, 6.07) is 3.89. The van der Waals surface area contributed by atoms with Crippen molar-refractivity contribution in [3.05, 3.63) is 29.8 Å². The van der Waals surface area contributed by atoms with Crippen LogP contribution in [-0.4, -0.2) is 27.2 Å². The average Bonchev–Trinajstić information content (AvgIpc) is 2.76. The summed E-state index contributed by atoms with van der Waals surface area (Å²) < 4.78 is 5.23. The van der Waals surface area contributed by atoms with Crippen LogP contribution in [0, 0.1) is 6.92 Å². The quantitative estimate of drug-likeness (QED) is 0.914. The molecule has 2 rings (SSSR count). The van der Waals surface area contributed by atoms with Crippen molar-refractivity contribution in [2.75, 3.05) is 6.54 Å². The van der Waals surface area contributed by atoms with E-state index < -0.39 is 0 Å². The zero-order valence-electron chi connectivity index (χ0n) is 11.9. The molecule has 2 heterocycles. The molecule has 0 atom stereocenters. The third-order valence-corrected chi connectivity index (χ3v) is 2.61. The highest BCUT2D eigenvalue weighted by molar-refractivity contribution is 5.48. The Bertz CT molecular complexity index is 542. The molecule has 0 amide bonds. The SMILES string of the molecule is Cc1ccnc(-c2noc(CCNC(C)(C)C)n2)c1. The van der Waals surface area contributed by atoms with Crippen LogP contribution in [0.2, 0.25) is 0 Å². The fourth-order valence-corrected chi connectivity index (χ4v) is 1.66. The Morgan fingerprint density at radius 2 is 2.11 bits per heavy atom. The molecule has 0 saturated heterocycles. The van der Waals surface area contributed by atoms with E-state index in [1.165, 1.54) is 0 Å². The Hall–Kier alpha value is -1.75. The first-order chi connectivity index (χ1) is 8.94. The van der Waals surface area contributed by atoms with E-state index in [1.54, 1.807) is 6.20 Å². The topological polar surface area (TPSA) is 63.8 Å². The van der Waals surface area contributed by atoms with E-state index in [4.69, 9.17) is 4.52 Å². The van der Waals surface area contributed by atoms with Gasteiger partial charge in [0.2, 0.25) is 11.7 Å². The van der Waals surface area contributed by atoms with Gasteiger partial charge < -0.3 is 9.84 Å². The second kappa shape index (κ2) is 5.48. The van der Waals surface area contributed by atoms with Crippen LogP contribution < -0.4 is 5.32 Å². The summed E-state index contributed by atoms with van der Waals surface area (Å²) >= 11 is 0. The van der Waals surface area contributed by atoms with Gasteiger partial charge in [0.15, 0.2) is 0 Å². The Morgan fingerprint density at radius 3 is 2.79 bits per heavy atom. The third-order valence-electron chi connectivity index (χ3n) is 2.61. The number of pyridine rings is 1. The van der Waals surface area contributed by atoms with Crippen molar-refractivity contribution in [2.45, 2.75) is 39.7 Å². The molecule has 0 aromatic carbocycles. The zero-order valence-corrected chi connectivity index (χ0v) is 11.9. The normalized spacial score (nSPS) is 11.8. The largest absolute Gasteiger partial charge is 0.339 e. The molecule has 0 aliphatic carbocycles. The monoisotopic (exact) mass is 260 g/mol. The Morgan fingerprint density at radius 1 is 1.32 bits per heavy atom. The van der Waals surface area contributed by atoms with Crippen molar-refractivity contribution in [3.63, 3.8) is 0 Å². The number of nitrogens with zero attached hydrogens (tertiary/aromatic N) is 3. The van der Waals surface area contributed by atoms with Crippen LogP contribution in [0.1, 0.15) is 32.2 Å². The van der Waals surface area contributed by atoms with Crippen molar-refractivity contribution < 1.29 is 4.52 Å². The lowest BCUT2D eigenvalue weighted by atomic mass is 10.1. The molecular weight excluding hydrogens is 240 g/mol. The van der Waals surface area contributed by atoms with E-state index in [1.807, 2.05) is 19.1 Å². The summed E-state index contributed by atoms with van der Waals surface area (Å²) in [4.78, 5) is 8.60. The lowest BCUT2D eigenvalue weighted by Crippen LogP contribution is -2.37. The van der Waals surface area contributed by atoms with Crippen LogP contribution in [0.5, 0.6) is 0 Å². The minimum absolute atomic E-state index is 0.0982. The Balaban J connectivity index is 1.99. The van der Waals surface area contributed by atoms with E-state index in [9.17, 15) is 0 Å². The molecule has 0 spiro atoms. The van der Waals surface area contributed by atoms with Gasteiger partial charge in [0.05, 0.1) is 0 Å². The Kier molecular flexibility index (Phi) is 3.95. The standard InChI is InChI=1S/C14H20N4O/c1-10-5-7-15-11(9-10)13-17-12(19-18-13)6-8-16-14(2,3)4/h5,7,9,16H,6,8H2,1-4H3. The van der Waals surface area contributed by atoms with Crippen LogP contribution >= 0.6 is 0 Å². The second-order valence-electron chi connectivity index (χ2n) is 5.66. The maximum atomic E-state index is 5.23. The summed E-state index contributed by atoms with van der Waals surface area (Å²) in [5.41, 5.74) is 1.98. The first-order valence-electron chi connectivity index (χ1n) is 6.45. The van der Waals surface area contributed by atoms with Crippen molar-refractivity contribution in [2.24, 2.45) is 0 Å². The molecule has 5 nitrogen and oxygen atoms in total. The lowest BCUT2D eigenvalue weighted by molar-refractivity contribution is 0.362. The van der Waals surface area contributed by atoms with Crippen LogP contribution in [0.4, 0.5) is 0 Å². The fraction of sp³-hybridized carbons (Fsp3) is 0.500. The molecular formula is C14H20N4O. The molecule has 102 valence electrons. The fourth-order valence-electron chi connectivity index (χ4n) is 1.66. The average molecular weight is 260 g/mol. The lowest BCUT2D eigenvalue weighted by Gasteiger charge is -2.19.